The summed E-state index contributed by atoms with van der Waals surface area (Å²) in [5.41, 5.74) is 4.55. The van der Waals surface area contributed by atoms with Crippen LogP contribution in [0.3, 0.4) is 0 Å². The van der Waals surface area contributed by atoms with Gasteiger partial charge in [-0.15, -0.1) is 0 Å². The normalized spacial score (nSPS) is 10.6. The number of ether oxygens (including phenoxy) is 1. The Balaban J connectivity index is 0.000000708. The second kappa shape index (κ2) is 16.5. The SMILES string of the molecule is O=C(CCOCc1ccccc1)NCc1ccc(-c2ccccc2NC(=O)NCCO)cc1.O=C(O)C(F)(F)F. The summed E-state index contributed by atoms with van der Waals surface area (Å²) in [4.78, 5) is 32.9. The van der Waals surface area contributed by atoms with Gasteiger partial charge in [0.05, 0.1) is 25.5 Å². The monoisotopic (exact) mass is 561 g/mol. The lowest BCUT2D eigenvalue weighted by molar-refractivity contribution is -0.192. The van der Waals surface area contributed by atoms with Crippen LogP contribution in [0.5, 0.6) is 0 Å². The average molecular weight is 562 g/mol. The number of aliphatic carboxylic acids is 1. The highest BCUT2D eigenvalue weighted by molar-refractivity contribution is 5.94. The molecule has 0 aliphatic heterocycles. The summed E-state index contributed by atoms with van der Waals surface area (Å²) in [5.74, 6) is -2.82. The standard InChI is InChI=1S/C26H29N3O4.C2HF3O2/c30-16-15-27-26(32)29-24-9-5-4-8-23(24)22-12-10-20(11-13-22)18-28-25(31)14-17-33-19-21-6-2-1-3-7-21;3-2(4,5)1(6)7/h1-13,30H,14-19H2,(H,28,31)(H2,27,29,32);(H,6,7). The third-order valence-corrected chi connectivity index (χ3v) is 5.15. The average Bonchev–Trinajstić information content (AvgIpc) is 2.94. The lowest BCUT2D eigenvalue weighted by Crippen LogP contribution is -2.31. The van der Waals surface area contributed by atoms with Crippen molar-refractivity contribution in [3.05, 3.63) is 90.0 Å². The van der Waals surface area contributed by atoms with Crippen molar-refractivity contribution in [2.75, 3.05) is 25.1 Å². The van der Waals surface area contributed by atoms with Crippen molar-refractivity contribution < 1.29 is 42.5 Å². The summed E-state index contributed by atoms with van der Waals surface area (Å²) < 4.78 is 37.3. The molecule has 0 spiro atoms. The van der Waals surface area contributed by atoms with E-state index in [1.165, 1.54) is 0 Å². The summed E-state index contributed by atoms with van der Waals surface area (Å²) in [5, 5.41) is 24.3. The van der Waals surface area contributed by atoms with Crippen LogP contribution < -0.4 is 16.0 Å². The summed E-state index contributed by atoms with van der Waals surface area (Å²) >= 11 is 0. The van der Waals surface area contributed by atoms with Crippen molar-refractivity contribution in [2.45, 2.75) is 25.7 Å². The van der Waals surface area contributed by atoms with Gasteiger partial charge in [-0.1, -0.05) is 72.8 Å². The number of nitrogens with one attached hydrogen (secondary N) is 3. The van der Waals surface area contributed by atoms with Gasteiger partial charge < -0.3 is 30.9 Å². The molecule has 3 aromatic carbocycles. The van der Waals surface area contributed by atoms with Crippen LogP contribution in [0, 0.1) is 0 Å². The highest BCUT2D eigenvalue weighted by Gasteiger charge is 2.38. The lowest BCUT2D eigenvalue weighted by atomic mass is 10.0. The molecule has 0 heterocycles. The molecule has 0 radical (unpaired) electrons. The zero-order valence-electron chi connectivity index (χ0n) is 21.4. The number of carbonyl (C=O) groups is 3. The van der Waals surface area contributed by atoms with Gasteiger partial charge in [-0.05, 0) is 22.8 Å². The van der Waals surface area contributed by atoms with Crippen LogP contribution in [0.1, 0.15) is 17.5 Å². The smallest absolute Gasteiger partial charge is 0.475 e. The van der Waals surface area contributed by atoms with Crippen molar-refractivity contribution in [2.24, 2.45) is 0 Å². The molecule has 214 valence electrons. The number of rotatable bonds is 11. The van der Waals surface area contributed by atoms with Gasteiger partial charge in [-0.25, -0.2) is 9.59 Å². The molecule has 5 N–H and O–H groups in total. The molecule has 0 saturated carbocycles. The Morgan fingerprint density at radius 2 is 1.45 bits per heavy atom. The van der Waals surface area contributed by atoms with Crippen LogP contribution in [-0.2, 0) is 27.5 Å². The van der Waals surface area contributed by atoms with Gasteiger partial charge in [0.25, 0.3) is 0 Å². The van der Waals surface area contributed by atoms with Gasteiger partial charge in [0.2, 0.25) is 5.91 Å². The Morgan fingerprint density at radius 1 is 0.825 bits per heavy atom. The van der Waals surface area contributed by atoms with Crippen LogP contribution in [0.15, 0.2) is 78.9 Å². The molecular weight excluding hydrogens is 531 g/mol. The van der Waals surface area contributed by atoms with Gasteiger partial charge in [0.15, 0.2) is 0 Å². The molecular formula is C28H30F3N3O6. The molecule has 0 aliphatic rings. The van der Waals surface area contributed by atoms with E-state index in [0.29, 0.717) is 31.9 Å². The summed E-state index contributed by atoms with van der Waals surface area (Å²) in [6.45, 7) is 1.37. The minimum Gasteiger partial charge on any atom is -0.475 e. The fraction of sp³-hybridized carbons (Fsp3) is 0.250. The Kier molecular flexibility index (Phi) is 13.1. The maximum absolute atomic E-state index is 12.1. The molecule has 3 rings (SSSR count). The number of benzene rings is 3. The van der Waals surface area contributed by atoms with Crippen LogP contribution in [0.2, 0.25) is 0 Å². The number of alkyl halides is 3. The van der Waals surface area contributed by atoms with E-state index in [0.717, 1.165) is 22.3 Å². The minimum atomic E-state index is -5.08. The molecule has 0 atom stereocenters. The number of amides is 3. The molecule has 3 aromatic rings. The largest absolute Gasteiger partial charge is 0.490 e. The first-order valence-corrected chi connectivity index (χ1v) is 12.1. The highest BCUT2D eigenvalue weighted by atomic mass is 19.4. The molecule has 0 bridgehead atoms. The third-order valence-electron chi connectivity index (χ3n) is 5.15. The van der Waals surface area contributed by atoms with Crippen LogP contribution in [0.25, 0.3) is 11.1 Å². The zero-order chi connectivity index (χ0) is 29.4. The fourth-order valence-electron chi connectivity index (χ4n) is 3.20. The molecule has 0 unspecified atom stereocenters. The van der Waals surface area contributed by atoms with Crippen LogP contribution in [-0.4, -0.2) is 54.1 Å². The number of carboxylic acids is 1. The van der Waals surface area contributed by atoms with E-state index in [-0.39, 0.29) is 25.1 Å². The first kappa shape index (κ1) is 31.8. The molecule has 0 saturated heterocycles. The van der Waals surface area contributed by atoms with Crippen LogP contribution in [0.4, 0.5) is 23.7 Å². The Morgan fingerprint density at radius 3 is 2.08 bits per heavy atom. The van der Waals surface area contributed by atoms with Gasteiger partial charge in [0.1, 0.15) is 0 Å². The van der Waals surface area contributed by atoms with Crippen molar-refractivity contribution in [3.8, 4) is 11.1 Å². The van der Waals surface area contributed by atoms with E-state index in [4.69, 9.17) is 19.7 Å². The predicted octanol–water partition coefficient (Wildman–Crippen LogP) is 4.32. The van der Waals surface area contributed by atoms with Crippen molar-refractivity contribution in [1.29, 1.82) is 0 Å². The number of urea groups is 1. The zero-order valence-corrected chi connectivity index (χ0v) is 21.4. The van der Waals surface area contributed by atoms with Crippen LogP contribution >= 0.6 is 0 Å². The number of aliphatic hydroxyl groups is 1. The van der Waals surface area contributed by atoms with Gasteiger partial charge in [-0.2, -0.15) is 13.2 Å². The minimum absolute atomic E-state index is 0.0597. The number of hydrogen-bond donors (Lipinski definition) is 5. The van der Waals surface area contributed by atoms with E-state index in [1.807, 2.05) is 78.9 Å². The highest BCUT2D eigenvalue weighted by Crippen LogP contribution is 2.28. The fourth-order valence-corrected chi connectivity index (χ4v) is 3.20. The molecule has 0 aromatic heterocycles. The first-order valence-electron chi connectivity index (χ1n) is 12.1. The number of carbonyl (C=O) groups excluding carboxylic acids is 2. The summed E-state index contributed by atoms with van der Waals surface area (Å²) in [6, 6.07) is 24.8. The Hall–Kier alpha value is -4.42. The summed E-state index contributed by atoms with van der Waals surface area (Å²) in [6.07, 6.45) is -4.78. The van der Waals surface area contributed by atoms with E-state index in [1.54, 1.807) is 0 Å². The molecule has 0 fully saturated rings. The number of hydrogen-bond acceptors (Lipinski definition) is 5. The molecule has 3 amide bonds. The Labute approximate surface area is 229 Å². The predicted molar refractivity (Wildman–Crippen MR) is 142 cm³/mol. The second-order valence-electron chi connectivity index (χ2n) is 8.21. The van der Waals surface area contributed by atoms with Gasteiger partial charge in [-0.3, -0.25) is 4.79 Å². The number of para-hydroxylation sites is 1. The second-order valence-corrected chi connectivity index (χ2v) is 8.21. The van der Waals surface area contributed by atoms with Crippen molar-refractivity contribution >= 4 is 23.6 Å². The molecule has 12 heteroatoms. The topological polar surface area (TPSA) is 137 Å². The quantitative estimate of drug-likeness (QED) is 0.221. The van der Waals surface area contributed by atoms with Gasteiger partial charge >= 0.3 is 18.2 Å². The van der Waals surface area contributed by atoms with Crippen molar-refractivity contribution in [3.63, 3.8) is 0 Å². The third kappa shape index (κ3) is 12.0. The number of halogens is 3. The first-order chi connectivity index (χ1) is 19.1. The van der Waals surface area contributed by atoms with Crippen molar-refractivity contribution in [1.82, 2.24) is 10.6 Å². The van der Waals surface area contributed by atoms with E-state index in [2.05, 4.69) is 16.0 Å². The van der Waals surface area contributed by atoms with E-state index >= 15 is 0 Å². The number of carboxylic acid groups (broad SMARTS) is 1. The lowest BCUT2D eigenvalue weighted by Gasteiger charge is -2.12. The number of aliphatic hydroxyl groups excluding tert-OH is 1. The summed E-state index contributed by atoms with van der Waals surface area (Å²) in [7, 11) is 0. The van der Waals surface area contributed by atoms with E-state index in [9.17, 15) is 22.8 Å². The maximum atomic E-state index is 12.1. The Bertz CT molecular complexity index is 1220. The molecule has 9 nitrogen and oxygen atoms in total. The number of anilines is 1. The maximum Gasteiger partial charge on any atom is 0.490 e. The molecule has 0 aliphatic carbocycles. The molecule has 40 heavy (non-hydrogen) atoms. The van der Waals surface area contributed by atoms with Gasteiger partial charge in [0, 0.05) is 25.1 Å². The van der Waals surface area contributed by atoms with E-state index < -0.39 is 12.1 Å².